The van der Waals surface area contributed by atoms with Crippen molar-refractivity contribution in [3.05, 3.63) is 23.0 Å². The van der Waals surface area contributed by atoms with E-state index in [4.69, 9.17) is 5.11 Å². The van der Waals surface area contributed by atoms with Crippen molar-refractivity contribution in [2.24, 2.45) is 7.05 Å². The van der Waals surface area contributed by atoms with Gasteiger partial charge in [-0.1, -0.05) is 0 Å². The lowest BCUT2D eigenvalue weighted by molar-refractivity contribution is -0.140. The van der Waals surface area contributed by atoms with Crippen LogP contribution in [0.4, 0.5) is 0 Å². The van der Waals surface area contributed by atoms with Crippen LogP contribution in [-0.4, -0.2) is 32.8 Å². The van der Waals surface area contributed by atoms with Crippen LogP contribution in [0.1, 0.15) is 23.9 Å². The number of amides is 1. The molecule has 6 heteroatoms. The largest absolute Gasteiger partial charge is 0.480 e. The van der Waals surface area contributed by atoms with Crippen molar-refractivity contribution in [1.29, 1.82) is 0 Å². The van der Waals surface area contributed by atoms with Crippen molar-refractivity contribution < 1.29 is 14.7 Å². The van der Waals surface area contributed by atoms with E-state index in [1.54, 1.807) is 10.8 Å². The Morgan fingerprint density at radius 1 is 1.44 bits per heavy atom. The summed E-state index contributed by atoms with van der Waals surface area (Å²) in [5, 5.41) is 15.2. The average molecular weight is 251 g/mol. The van der Waals surface area contributed by atoms with Crippen molar-refractivity contribution in [3.8, 4) is 0 Å². The molecule has 98 valence electrons. The number of carbonyl (C=O) groups excluding carboxylic acids is 1. The summed E-state index contributed by atoms with van der Waals surface area (Å²) in [7, 11) is 1.83. The molecule has 0 radical (unpaired) electrons. The Bertz CT molecular complexity index is 503. The molecule has 0 saturated heterocycles. The van der Waals surface area contributed by atoms with Crippen LogP contribution < -0.4 is 5.32 Å². The minimum absolute atomic E-state index is 0.437. The van der Waals surface area contributed by atoms with E-state index >= 15 is 0 Å². The number of aliphatic carboxylic acids is 1. The van der Waals surface area contributed by atoms with Crippen molar-refractivity contribution in [3.63, 3.8) is 0 Å². The molecule has 0 fully saturated rings. The second kappa shape index (κ2) is 5.48. The highest BCUT2D eigenvalue weighted by Gasteiger charge is 2.12. The molecule has 0 aliphatic carbocycles. The normalized spacial score (nSPS) is 12.7. The highest BCUT2D eigenvalue weighted by molar-refractivity contribution is 5.94. The Kier molecular flexibility index (Phi) is 4.25. The fourth-order valence-electron chi connectivity index (χ4n) is 1.51. The van der Waals surface area contributed by atoms with Gasteiger partial charge in [0.05, 0.1) is 5.69 Å². The summed E-state index contributed by atoms with van der Waals surface area (Å²) < 4.78 is 1.73. The fraction of sp³-hybridized carbons (Fsp3) is 0.417. The molecule has 0 aliphatic heterocycles. The van der Waals surface area contributed by atoms with Crippen LogP contribution in [0.2, 0.25) is 0 Å². The number of carbonyl (C=O) groups is 2. The quantitative estimate of drug-likeness (QED) is 0.769. The average Bonchev–Trinajstić information content (AvgIpc) is 2.51. The maximum Gasteiger partial charge on any atom is 0.325 e. The van der Waals surface area contributed by atoms with E-state index in [0.29, 0.717) is 0 Å². The monoisotopic (exact) mass is 251 g/mol. The second-order valence-corrected chi connectivity index (χ2v) is 4.11. The Morgan fingerprint density at radius 3 is 2.50 bits per heavy atom. The van der Waals surface area contributed by atoms with Gasteiger partial charge in [0.1, 0.15) is 6.04 Å². The number of hydrogen-bond donors (Lipinski definition) is 2. The van der Waals surface area contributed by atoms with Crippen LogP contribution in [0.25, 0.3) is 6.08 Å². The van der Waals surface area contributed by atoms with E-state index in [2.05, 4.69) is 10.4 Å². The highest BCUT2D eigenvalue weighted by atomic mass is 16.4. The smallest absolute Gasteiger partial charge is 0.325 e. The third-order valence-electron chi connectivity index (χ3n) is 2.70. The number of carboxylic acid groups (broad SMARTS) is 1. The van der Waals surface area contributed by atoms with Gasteiger partial charge in [-0.05, 0) is 26.8 Å². The van der Waals surface area contributed by atoms with E-state index < -0.39 is 17.9 Å². The number of hydrogen-bond acceptors (Lipinski definition) is 3. The first-order chi connectivity index (χ1) is 8.32. The molecule has 0 unspecified atom stereocenters. The number of carboxylic acids is 1. The minimum Gasteiger partial charge on any atom is -0.480 e. The molecule has 18 heavy (non-hydrogen) atoms. The summed E-state index contributed by atoms with van der Waals surface area (Å²) in [5.41, 5.74) is 2.64. The molecule has 1 amide bonds. The van der Waals surface area contributed by atoms with E-state index in [1.165, 1.54) is 13.0 Å². The molecule has 0 aromatic carbocycles. The van der Waals surface area contributed by atoms with Gasteiger partial charge in [-0.15, -0.1) is 0 Å². The first-order valence-electron chi connectivity index (χ1n) is 5.54. The summed E-state index contributed by atoms with van der Waals surface area (Å²) in [4.78, 5) is 22.0. The summed E-state index contributed by atoms with van der Waals surface area (Å²) in [6.07, 6.45) is 2.96. The molecule has 0 aliphatic rings. The third-order valence-corrected chi connectivity index (χ3v) is 2.70. The minimum atomic E-state index is -1.06. The van der Waals surface area contributed by atoms with Crippen LogP contribution in [0.15, 0.2) is 6.08 Å². The number of rotatable bonds is 4. The lowest BCUT2D eigenvalue weighted by atomic mass is 10.2. The number of aromatic nitrogens is 2. The molecule has 0 bridgehead atoms. The predicted octanol–water partition coefficient (Wildman–Crippen LogP) is 0.639. The van der Waals surface area contributed by atoms with Gasteiger partial charge in [-0.3, -0.25) is 14.3 Å². The van der Waals surface area contributed by atoms with E-state index in [1.807, 2.05) is 20.9 Å². The Labute approximate surface area is 105 Å². The van der Waals surface area contributed by atoms with Crippen molar-refractivity contribution in [2.75, 3.05) is 0 Å². The van der Waals surface area contributed by atoms with Crippen molar-refractivity contribution in [1.82, 2.24) is 15.1 Å². The zero-order chi connectivity index (χ0) is 13.9. The molecule has 1 heterocycles. The molecule has 2 N–H and O–H groups in total. The van der Waals surface area contributed by atoms with Gasteiger partial charge < -0.3 is 10.4 Å². The molecule has 1 atom stereocenters. The summed E-state index contributed by atoms with van der Waals surface area (Å²) in [5.74, 6) is -1.50. The molecule has 1 aromatic heterocycles. The van der Waals surface area contributed by atoms with Crippen LogP contribution in [0.5, 0.6) is 0 Å². The second-order valence-electron chi connectivity index (χ2n) is 4.11. The molecule has 0 spiro atoms. The maximum atomic E-state index is 11.5. The first kappa shape index (κ1) is 14.0. The van der Waals surface area contributed by atoms with Crippen LogP contribution >= 0.6 is 0 Å². The van der Waals surface area contributed by atoms with Crippen LogP contribution in [-0.2, 0) is 16.6 Å². The SMILES string of the molecule is Cc1nn(C)c(C)c1/C=C/C(=O)N[C@H](C)C(=O)O. The Morgan fingerprint density at radius 2 is 2.06 bits per heavy atom. The van der Waals surface area contributed by atoms with E-state index in [-0.39, 0.29) is 0 Å². The summed E-state index contributed by atoms with van der Waals surface area (Å²) >= 11 is 0. The highest BCUT2D eigenvalue weighted by Crippen LogP contribution is 2.13. The van der Waals surface area contributed by atoms with Gasteiger partial charge in [0, 0.05) is 24.4 Å². The van der Waals surface area contributed by atoms with Gasteiger partial charge in [0.2, 0.25) is 5.91 Å². The lowest BCUT2D eigenvalue weighted by Crippen LogP contribution is -2.37. The van der Waals surface area contributed by atoms with Gasteiger partial charge in [-0.25, -0.2) is 0 Å². The standard InChI is InChI=1S/C12H17N3O3/c1-7-10(9(3)15(4)14-7)5-6-11(16)13-8(2)12(17)18/h5-6,8H,1-4H3,(H,13,16)(H,17,18)/b6-5+/t8-/m1/s1. The van der Waals surface area contributed by atoms with Gasteiger partial charge in [0.15, 0.2) is 0 Å². The Hall–Kier alpha value is -2.11. The molecular formula is C12H17N3O3. The zero-order valence-corrected chi connectivity index (χ0v) is 10.9. The summed E-state index contributed by atoms with van der Waals surface area (Å²) in [6, 6.07) is -0.904. The molecular weight excluding hydrogens is 234 g/mol. The zero-order valence-electron chi connectivity index (χ0n) is 10.9. The molecule has 0 saturated carbocycles. The molecule has 1 rings (SSSR count). The van der Waals surface area contributed by atoms with Crippen molar-refractivity contribution >= 4 is 18.0 Å². The lowest BCUT2D eigenvalue weighted by Gasteiger charge is -2.05. The number of nitrogens with one attached hydrogen (secondary N) is 1. The predicted molar refractivity (Wildman–Crippen MR) is 67.0 cm³/mol. The topological polar surface area (TPSA) is 84.2 Å². The number of nitrogens with zero attached hydrogens (tertiary/aromatic N) is 2. The third kappa shape index (κ3) is 3.19. The maximum absolute atomic E-state index is 11.5. The molecule has 6 nitrogen and oxygen atoms in total. The summed E-state index contributed by atoms with van der Waals surface area (Å²) in [6.45, 7) is 5.16. The van der Waals surface area contributed by atoms with E-state index in [0.717, 1.165) is 17.0 Å². The van der Waals surface area contributed by atoms with Gasteiger partial charge >= 0.3 is 5.97 Å². The fourth-order valence-corrected chi connectivity index (χ4v) is 1.51. The molecule has 1 aromatic rings. The van der Waals surface area contributed by atoms with Gasteiger partial charge in [0.25, 0.3) is 0 Å². The van der Waals surface area contributed by atoms with Crippen LogP contribution in [0.3, 0.4) is 0 Å². The first-order valence-corrected chi connectivity index (χ1v) is 5.54. The van der Waals surface area contributed by atoms with Crippen molar-refractivity contribution in [2.45, 2.75) is 26.8 Å². The van der Waals surface area contributed by atoms with Crippen LogP contribution in [0, 0.1) is 13.8 Å². The number of aryl methyl sites for hydroxylation is 2. The van der Waals surface area contributed by atoms with E-state index in [9.17, 15) is 9.59 Å². The van der Waals surface area contributed by atoms with Gasteiger partial charge in [-0.2, -0.15) is 5.10 Å². The Balaban J connectivity index is 2.75.